The summed E-state index contributed by atoms with van der Waals surface area (Å²) in [6.07, 6.45) is 7.33. The van der Waals surface area contributed by atoms with E-state index < -0.39 is 0 Å². The number of unbranched alkanes of at least 4 members (excludes halogenated alkanes) is 1. The number of aliphatic hydroxyl groups excluding tert-OH is 1. The average Bonchev–Trinajstić information content (AvgIpc) is 3.14. The molecule has 1 aromatic carbocycles. The van der Waals surface area contributed by atoms with Gasteiger partial charge in [-0.15, -0.1) is 0 Å². The summed E-state index contributed by atoms with van der Waals surface area (Å²) >= 11 is 0. The van der Waals surface area contributed by atoms with Crippen LogP contribution in [0.5, 0.6) is 0 Å². The van der Waals surface area contributed by atoms with E-state index in [4.69, 9.17) is 0 Å². The number of piperazine rings is 1. The van der Waals surface area contributed by atoms with Crippen LogP contribution in [0.1, 0.15) is 43.3 Å². The zero-order valence-corrected chi connectivity index (χ0v) is 16.6. The van der Waals surface area contributed by atoms with Gasteiger partial charge in [-0.25, -0.2) is 4.98 Å². The third-order valence-corrected chi connectivity index (χ3v) is 5.52. The Labute approximate surface area is 163 Å². The van der Waals surface area contributed by atoms with E-state index in [1.54, 1.807) is 0 Å². The van der Waals surface area contributed by atoms with E-state index in [-0.39, 0.29) is 6.61 Å². The van der Waals surface area contributed by atoms with Gasteiger partial charge < -0.3 is 10.1 Å². The minimum atomic E-state index is 0.256. The van der Waals surface area contributed by atoms with E-state index >= 15 is 0 Å². The van der Waals surface area contributed by atoms with Crippen LogP contribution in [0, 0.1) is 0 Å². The summed E-state index contributed by atoms with van der Waals surface area (Å²) in [6.45, 7) is 7.60. The molecule has 2 heterocycles. The highest BCUT2D eigenvalue weighted by atomic mass is 16.3. The topological polar surface area (TPSA) is 55.4 Å². The number of imidazole rings is 1. The predicted molar refractivity (Wildman–Crippen MR) is 110 cm³/mol. The summed E-state index contributed by atoms with van der Waals surface area (Å²) in [5, 5.41) is 9.52. The molecule has 5 nitrogen and oxygen atoms in total. The number of hydrogen-bond donors (Lipinski definition) is 2. The highest BCUT2D eigenvalue weighted by Crippen LogP contribution is 2.16. The molecule has 0 aliphatic carbocycles. The van der Waals surface area contributed by atoms with Crippen molar-refractivity contribution in [1.82, 2.24) is 19.8 Å². The van der Waals surface area contributed by atoms with Gasteiger partial charge in [-0.05, 0) is 24.8 Å². The molecule has 0 amide bonds. The minimum absolute atomic E-state index is 0.256. The van der Waals surface area contributed by atoms with Gasteiger partial charge >= 0.3 is 0 Å². The molecule has 1 atom stereocenters. The van der Waals surface area contributed by atoms with E-state index in [9.17, 15) is 5.11 Å². The molecule has 1 aliphatic heterocycles. The van der Waals surface area contributed by atoms with Crippen LogP contribution in [0.15, 0.2) is 36.5 Å². The largest absolute Gasteiger partial charge is 0.396 e. The standard InChI is InChI=1S/C22H34N4O/c1-2-3-9-22-23-16-20(24-22)17-25-13-14-26(21(18-25)11-15-27)12-10-19-7-5-4-6-8-19/h4-8,16,21,27H,2-3,9-15,17-18H2,1H3,(H,23,24). The number of aromatic amines is 1. The molecule has 2 aromatic rings. The Bertz CT molecular complexity index is 657. The molecule has 3 rings (SSSR count). The number of H-pyrrole nitrogens is 1. The number of rotatable bonds is 10. The zero-order valence-electron chi connectivity index (χ0n) is 16.6. The van der Waals surface area contributed by atoms with Gasteiger partial charge in [-0.1, -0.05) is 43.7 Å². The molecule has 1 saturated heterocycles. The lowest BCUT2D eigenvalue weighted by Gasteiger charge is -2.41. The van der Waals surface area contributed by atoms with E-state index in [2.05, 4.69) is 57.0 Å². The molecule has 27 heavy (non-hydrogen) atoms. The Kier molecular flexibility index (Phi) is 7.87. The van der Waals surface area contributed by atoms with Crippen LogP contribution in [0.25, 0.3) is 0 Å². The molecule has 148 valence electrons. The fraction of sp³-hybridized carbons (Fsp3) is 0.591. The summed E-state index contributed by atoms with van der Waals surface area (Å²) in [5.74, 6) is 1.11. The molecule has 0 saturated carbocycles. The van der Waals surface area contributed by atoms with Crippen LogP contribution in [-0.4, -0.2) is 63.7 Å². The Morgan fingerprint density at radius 2 is 2.04 bits per heavy atom. The Morgan fingerprint density at radius 3 is 2.81 bits per heavy atom. The lowest BCUT2D eigenvalue weighted by molar-refractivity contribution is 0.0556. The molecule has 1 aliphatic rings. The number of nitrogens with zero attached hydrogens (tertiary/aromatic N) is 3. The highest BCUT2D eigenvalue weighted by Gasteiger charge is 2.26. The van der Waals surface area contributed by atoms with E-state index in [0.29, 0.717) is 6.04 Å². The van der Waals surface area contributed by atoms with Gasteiger partial charge in [0.15, 0.2) is 0 Å². The normalized spacial score (nSPS) is 18.8. The van der Waals surface area contributed by atoms with Crippen LogP contribution >= 0.6 is 0 Å². The SMILES string of the molecule is CCCCc1ncc(CN2CCN(CCc3ccccc3)C(CCO)C2)[nH]1. The van der Waals surface area contributed by atoms with Gasteiger partial charge in [0.05, 0.1) is 0 Å². The van der Waals surface area contributed by atoms with Crippen molar-refractivity contribution in [3.05, 3.63) is 53.6 Å². The fourth-order valence-corrected chi connectivity index (χ4v) is 3.93. The van der Waals surface area contributed by atoms with Crippen molar-refractivity contribution < 1.29 is 5.11 Å². The molecule has 0 bridgehead atoms. The smallest absolute Gasteiger partial charge is 0.106 e. The summed E-state index contributed by atoms with van der Waals surface area (Å²) in [7, 11) is 0. The quantitative estimate of drug-likeness (QED) is 0.675. The number of aromatic nitrogens is 2. The van der Waals surface area contributed by atoms with Gasteiger partial charge in [-0.2, -0.15) is 0 Å². The fourth-order valence-electron chi connectivity index (χ4n) is 3.93. The van der Waals surface area contributed by atoms with Crippen molar-refractivity contribution in [2.45, 2.75) is 51.6 Å². The Balaban J connectivity index is 1.51. The maximum Gasteiger partial charge on any atom is 0.106 e. The Morgan fingerprint density at radius 1 is 1.19 bits per heavy atom. The molecule has 1 aromatic heterocycles. The first kappa shape index (κ1) is 20.1. The van der Waals surface area contributed by atoms with Gasteiger partial charge in [0.25, 0.3) is 0 Å². The van der Waals surface area contributed by atoms with Crippen molar-refractivity contribution in [1.29, 1.82) is 0 Å². The number of aliphatic hydroxyl groups is 1. The van der Waals surface area contributed by atoms with Crippen molar-refractivity contribution in [2.24, 2.45) is 0 Å². The molecular formula is C22H34N4O. The molecule has 0 radical (unpaired) electrons. The van der Waals surface area contributed by atoms with Crippen LogP contribution in [0.3, 0.4) is 0 Å². The first-order valence-electron chi connectivity index (χ1n) is 10.4. The lowest BCUT2D eigenvalue weighted by Crippen LogP contribution is -2.53. The second-order valence-electron chi connectivity index (χ2n) is 7.63. The first-order chi connectivity index (χ1) is 13.3. The molecule has 2 N–H and O–H groups in total. The van der Waals surface area contributed by atoms with Crippen LogP contribution < -0.4 is 0 Å². The predicted octanol–water partition coefficient (Wildman–Crippen LogP) is 2.86. The number of aryl methyl sites for hydroxylation is 1. The second kappa shape index (κ2) is 10.6. The number of benzene rings is 1. The summed E-state index contributed by atoms with van der Waals surface area (Å²) < 4.78 is 0. The summed E-state index contributed by atoms with van der Waals surface area (Å²) in [6, 6.07) is 11.1. The molecule has 5 heteroatoms. The summed E-state index contributed by atoms with van der Waals surface area (Å²) in [5.41, 5.74) is 2.60. The number of nitrogens with one attached hydrogen (secondary N) is 1. The maximum absolute atomic E-state index is 9.52. The molecular weight excluding hydrogens is 336 g/mol. The average molecular weight is 371 g/mol. The van der Waals surface area contributed by atoms with Crippen molar-refractivity contribution >= 4 is 0 Å². The first-order valence-corrected chi connectivity index (χ1v) is 10.4. The number of hydrogen-bond acceptors (Lipinski definition) is 4. The van der Waals surface area contributed by atoms with Crippen molar-refractivity contribution in [3.63, 3.8) is 0 Å². The third kappa shape index (κ3) is 6.16. The lowest BCUT2D eigenvalue weighted by atomic mass is 10.1. The van der Waals surface area contributed by atoms with Gasteiger partial charge in [0.2, 0.25) is 0 Å². The molecule has 0 spiro atoms. The second-order valence-corrected chi connectivity index (χ2v) is 7.63. The van der Waals surface area contributed by atoms with E-state index in [0.717, 1.165) is 57.8 Å². The van der Waals surface area contributed by atoms with Crippen LogP contribution in [0.2, 0.25) is 0 Å². The van der Waals surface area contributed by atoms with Crippen molar-refractivity contribution in [3.8, 4) is 0 Å². The van der Waals surface area contributed by atoms with Crippen LogP contribution in [-0.2, 0) is 19.4 Å². The van der Waals surface area contributed by atoms with Gasteiger partial charge in [-0.3, -0.25) is 9.80 Å². The zero-order chi connectivity index (χ0) is 18.9. The maximum atomic E-state index is 9.52. The van der Waals surface area contributed by atoms with E-state index in [1.807, 2.05) is 6.20 Å². The van der Waals surface area contributed by atoms with Crippen LogP contribution in [0.4, 0.5) is 0 Å². The summed E-state index contributed by atoms with van der Waals surface area (Å²) in [4.78, 5) is 13.1. The Hall–Kier alpha value is -1.69. The molecule has 1 fully saturated rings. The monoisotopic (exact) mass is 370 g/mol. The highest BCUT2D eigenvalue weighted by molar-refractivity contribution is 5.15. The van der Waals surface area contributed by atoms with Gasteiger partial charge in [0.1, 0.15) is 5.82 Å². The third-order valence-electron chi connectivity index (χ3n) is 5.52. The van der Waals surface area contributed by atoms with Gasteiger partial charge in [0, 0.05) is 63.7 Å². The van der Waals surface area contributed by atoms with Crippen molar-refractivity contribution in [2.75, 3.05) is 32.8 Å². The molecule has 1 unspecified atom stereocenters. The van der Waals surface area contributed by atoms with E-state index in [1.165, 1.54) is 24.1 Å². The minimum Gasteiger partial charge on any atom is -0.396 e.